The number of rotatable bonds is 3. The van der Waals surface area contributed by atoms with Gasteiger partial charge in [-0.05, 0) is 54.1 Å². The van der Waals surface area contributed by atoms with Crippen LogP contribution < -0.4 is 0 Å². The molecule has 0 spiro atoms. The van der Waals surface area contributed by atoms with E-state index >= 15 is 0 Å². The molecule has 0 amide bonds. The van der Waals surface area contributed by atoms with E-state index in [0.29, 0.717) is 0 Å². The van der Waals surface area contributed by atoms with Crippen LogP contribution in [0.1, 0.15) is 5.56 Å². The molecule has 2 N–H and O–H groups in total. The number of aromatic amines is 2. The summed E-state index contributed by atoms with van der Waals surface area (Å²) in [6.45, 7) is 0.755. The summed E-state index contributed by atoms with van der Waals surface area (Å²) >= 11 is 0. The standard InChI is InChI=1S/C23H17N5/c1-2-16-12-15(3-5-19(16)24-10-1)14-28-23-22(27-28)8-7-21(26-23)17-4-6-20-18(13-17)9-11-25-20/h1-13,25,27H,14H2. The fraction of sp³-hybridized carbons (Fsp3) is 0.0435. The molecule has 6 aromatic rings. The molecule has 5 heteroatoms. The van der Waals surface area contributed by atoms with Crippen molar-refractivity contribution >= 4 is 33.0 Å². The summed E-state index contributed by atoms with van der Waals surface area (Å²) in [7, 11) is 0. The zero-order chi connectivity index (χ0) is 18.5. The lowest BCUT2D eigenvalue weighted by Gasteiger charge is -2.17. The third-order valence-electron chi connectivity index (χ3n) is 5.24. The average molecular weight is 363 g/mol. The predicted molar refractivity (Wildman–Crippen MR) is 112 cm³/mol. The molecular weight excluding hydrogens is 346 g/mol. The summed E-state index contributed by atoms with van der Waals surface area (Å²) in [4.78, 5) is 12.5. The number of benzene rings is 2. The summed E-state index contributed by atoms with van der Waals surface area (Å²) in [5.74, 6) is 0. The van der Waals surface area contributed by atoms with Gasteiger partial charge in [0.25, 0.3) is 0 Å². The molecule has 0 bridgehead atoms. The quantitative estimate of drug-likeness (QED) is 0.459. The van der Waals surface area contributed by atoms with E-state index < -0.39 is 0 Å². The first-order valence-corrected chi connectivity index (χ1v) is 9.30. The molecular formula is C23H17N5. The van der Waals surface area contributed by atoms with Gasteiger partial charge in [-0.15, -0.1) is 0 Å². The summed E-state index contributed by atoms with van der Waals surface area (Å²) < 4.78 is 2.09. The largest absolute Gasteiger partial charge is 0.361 e. The Morgan fingerprint density at radius 3 is 2.82 bits per heavy atom. The first-order valence-electron chi connectivity index (χ1n) is 9.30. The lowest BCUT2D eigenvalue weighted by atomic mass is 10.1. The molecule has 28 heavy (non-hydrogen) atoms. The highest BCUT2D eigenvalue weighted by Gasteiger charge is 2.11. The van der Waals surface area contributed by atoms with Crippen molar-refractivity contribution in [3.05, 3.63) is 84.7 Å². The van der Waals surface area contributed by atoms with Gasteiger partial charge in [0.05, 0.1) is 23.3 Å². The summed E-state index contributed by atoms with van der Waals surface area (Å²) in [6, 6.07) is 23.1. The fourth-order valence-corrected chi connectivity index (χ4v) is 3.78. The minimum absolute atomic E-state index is 0.755. The zero-order valence-electron chi connectivity index (χ0n) is 15.1. The Bertz CT molecular complexity index is 1450. The number of hydrogen-bond donors (Lipinski definition) is 2. The average Bonchev–Trinajstić information content (AvgIpc) is 3.20. The van der Waals surface area contributed by atoms with Gasteiger partial charge in [0, 0.05) is 34.2 Å². The Labute approximate surface area is 160 Å². The zero-order valence-corrected chi connectivity index (χ0v) is 15.1. The number of fused-ring (bicyclic) bond motifs is 3. The van der Waals surface area contributed by atoms with Crippen molar-refractivity contribution in [3.8, 4) is 11.3 Å². The second kappa shape index (κ2) is 5.82. The molecule has 0 fully saturated rings. The minimum Gasteiger partial charge on any atom is -0.361 e. The summed E-state index contributed by atoms with van der Waals surface area (Å²) in [6.07, 6.45) is 3.79. The van der Waals surface area contributed by atoms with Crippen LogP contribution >= 0.6 is 0 Å². The monoisotopic (exact) mass is 363 g/mol. The Kier molecular flexibility index (Phi) is 3.17. The number of aromatic nitrogens is 5. The van der Waals surface area contributed by atoms with Gasteiger partial charge in [-0.2, -0.15) is 0 Å². The van der Waals surface area contributed by atoms with E-state index in [4.69, 9.17) is 4.98 Å². The Hall–Kier alpha value is -3.86. The van der Waals surface area contributed by atoms with E-state index in [1.807, 2.05) is 18.5 Å². The number of pyridine rings is 2. The number of nitrogens with zero attached hydrogens (tertiary/aromatic N) is 3. The van der Waals surface area contributed by atoms with Crippen LogP contribution in [0.25, 0.3) is 44.2 Å². The van der Waals surface area contributed by atoms with Crippen molar-refractivity contribution in [3.63, 3.8) is 0 Å². The normalized spacial score (nSPS) is 11.7. The van der Waals surface area contributed by atoms with Gasteiger partial charge in [0.1, 0.15) is 0 Å². The van der Waals surface area contributed by atoms with Gasteiger partial charge in [-0.1, -0.05) is 18.2 Å². The van der Waals surface area contributed by atoms with Crippen LogP contribution in [0.15, 0.2) is 79.1 Å². The van der Waals surface area contributed by atoms with Crippen molar-refractivity contribution in [2.24, 2.45) is 0 Å². The Morgan fingerprint density at radius 2 is 1.82 bits per heavy atom. The van der Waals surface area contributed by atoms with E-state index in [0.717, 1.165) is 45.4 Å². The molecule has 4 heterocycles. The molecule has 134 valence electrons. The molecule has 0 atom stereocenters. The van der Waals surface area contributed by atoms with E-state index in [9.17, 15) is 0 Å². The predicted octanol–water partition coefficient (Wildman–Crippen LogP) is 5.11. The van der Waals surface area contributed by atoms with Crippen molar-refractivity contribution in [2.45, 2.75) is 6.54 Å². The molecule has 0 saturated heterocycles. The molecule has 4 aromatic heterocycles. The van der Waals surface area contributed by atoms with Crippen molar-refractivity contribution < 1.29 is 0 Å². The molecule has 0 aliphatic carbocycles. The highest BCUT2D eigenvalue weighted by atomic mass is 15.3. The van der Waals surface area contributed by atoms with Gasteiger partial charge in [0.15, 0.2) is 5.65 Å². The second-order valence-corrected chi connectivity index (χ2v) is 7.08. The van der Waals surface area contributed by atoms with Crippen LogP contribution in [0, 0.1) is 0 Å². The van der Waals surface area contributed by atoms with E-state index in [-0.39, 0.29) is 0 Å². The Morgan fingerprint density at radius 1 is 0.857 bits per heavy atom. The smallest absolute Gasteiger partial charge is 0.173 e. The van der Waals surface area contributed by atoms with Crippen LogP contribution in [0.4, 0.5) is 0 Å². The molecule has 0 radical (unpaired) electrons. The van der Waals surface area contributed by atoms with Crippen LogP contribution in [0.5, 0.6) is 0 Å². The molecule has 0 aliphatic heterocycles. The van der Waals surface area contributed by atoms with Crippen LogP contribution in [0.2, 0.25) is 0 Å². The number of hydrogen-bond acceptors (Lipinski definition) is 2. The van der Waals surface area contributed by atoms with Crippen molar-refractivity contribution in [2.75, 3.05) is 0 Å². The fourth-order valence-electron chi connectivity index (χ4n) is 3.78. The van der Waals surface area contributed by atoms with Crippen molar-refractivity contribution in [1.29, 1.82) is 0 Å². The lowest BCUT2D eigenvalue weighted by molar-refractivity contribution is 0.674. The molecule has 6 rings (SSSR count). The SMILES string of the molecule is c1cnc2ccc(Cn3[nH]c4ccc(-c5ccc6[nH]ccc6c5)nc43)cc2c1. The highest BCUT2D eigenvalue weighted by Crippen LogP contribution is 2.25. The van der Waals surface area contributed by atoms with Gasteiger partial charge in [-0.3, -0.25) is 14.8 Å². The maximum Gasteiger partial charge on any atom is 0.173 e. The van der Waals surface area contributed by atoms with E-state index in [1.54, 1.807) is 0 Å². The first kappa shape index (κ1) is 15.2. The number of H-pyrrole nitrogens is 2. The molecule has 0 saturated carbocycles. The second-order valence-electron chi connectivity index (χ2n) is 7.08. The van der Waals surface area contributed by atoms with Gasteiger partial charge in [0.2, 0.25) is 0 Å². The summed E-state index contributed by atoms with van der Waals surface area (Å²) in [5.41, 5.74) is 7.53. The maximum atomic E-state index is 4.90. The number of nitrogens with one attached hydrogen (secondary N) is 2. The van der Waals surface area contributed by atoms with Gasteiger partial charge >= 0.3 is 0 Å². The molecule has 0 aliphatic rings. The van der Waals surface area contributed by atoms with Crippen LogP contribution in [0.3, 0.4) is 0 Å². The topological polar surface area (TPSA) is 62.3 Å². The van der Waals surface area contributed by atoms with E-state index in [2.05, 4.69) is 80.4 Å². The summed E-state index contributed by atoms with van der Waals surface area (Å²) in [5, 5.41) is 5.73. The van der Waals surface area contributed by atoms with Crippen molar-refractivity contribution in [1.82, 2.24) is 24.7 Å². The van der Waals surface area contributed by atoms with Gasteiger partial charge in [-0.25, -0.2) is 4.98 Å². The molecule has 0 unspecified atom stereocenters. The van der Waals surface area contributed by atoms with Crippen LogP contribution in [-0.2, 0) is 6.54 Å². The molecule has 5 nitrogen and oxygen atoms in total. The molecule has 2 aromatic carbocycles. The van der Waals surface area contributed by atoms with E-state index in [1.165, 1.54) is 10.9 Å². The third-order valence-corrected chi connectivity index (χ3v) is 5.24. The first-order chi connectivity index (χ1) is 13.8. The Balaban J connectivity index is 1.37. The lowest BCUT2D eigenvalue weighted by Crippen LogP contribution is -2.13. The maximum absolute atomic E-state index is 4.90. The van der Waals surface area contributed by atoms with Crippen LogP contribution in [-0.4, -0.2) is 24.7 Å². The van der Waals surface area contributed by atoms with Gasteiger partial charge < -0.3 is 4.98 Å². The minimum atomic E-state index is 0.755. The highest BCUT2D eigenvalue weighted by molar-refractivity contribution is 5.85. The third kappa shape index (κ3) is 2.41.